The quantitative estimate of drug-likeness (QED) is 0.739. The average molecular weight is 300 g/mol. The van der Waals surface area contributed by atoms with Crippen molar-refractivity contribution in [2.75, 3.05) is 26.2 Å². The topological polar surface area (TPSA) is 61.8 Å². The highest BCUT2D eigenvalue weighted by Crippen LogP contribution is 2.23. The van der Waals surface area contributed by atoms with E-state index >= 15 is 0 Å². The molecule has 0 aromatic heterocycles. The van der Waals surface area contributed by atoms with Gasteiger partial charge in [-0.3, -0.25) is 4.90 Å². The molecule has 124 valence electrons. The van der Waals surface area contributed by atoms with Crippen molar-refractivity contribution in [2.24, 2.45) is 5.92 Å². The number of likely N-dealkylation sites (tertiary alicyclic amines) is 1. The zero-order valence-electron chi connectivity index (χ0n) is 14.0. The summed E-state index contributed by atoms with van der Waals surface area (Å²) < 4.78 is 5.30. The van der Waals surface area contributed by atoms with Gasteiger partial charge in [0.15, 0.2) is 0 Å². The summed E-state index contributed by atoms with van der Waals surface area (Å²) in [5.41, 5.74) is -0.455. The molecule has 5 nitrogen and oxygen atoms in total. The summed E-state index contributed by atoms with van der Waals surface area (Å²) in [4.78, 5) is 14.2. The Balaban J connectivity index is 2.44. The lowest BCUT2D eigenvalue weighted by atomic mass is 9.90. The van der Waals surface area contributed by atoms with Gasteiger partial charge in [-0.2, -0.15) is 0 Å². The van der Waals surface area contributed by atoms with Gasteiger partial charge in [0.2, 0.25) is 0 Å². The number of hydrogen-bond acceptors (Lipinski definition) is 4. The van der Waals surface area contributed by atoms with Crippen molar-refractivity contribution in [3.05, 3.63) is 0 Å². The molecule has 1 saturated heterocycles. The predicted molar refractivity (Wildman–Crippen MR) is 84.3 cm³/mol. The average Bonchev–Trinajstić information content (AvgIpc) is 2.36. The molecule has 0 aromatic rings. The Morgan fingerprint density at radius 3 is 2.71 bits per heavy atom. The first-order valence-corrected chi connectivity index (χ1v) is 8.15. The molecule has 1 fully saturated rings. The predicted octanol–water partition coefficient (Wildman–Crippen LogP) is 2.38. The standard InChI is InChI=1S/C16H32N2O3/c1-13-8-7-10-18(9-5-6-11-19)14(13)12-17-15(20)21-16(2,3)4/h13-14,19H,5-12H2,1-4H3,(H,17,20). The molecule has 2 N–H and O–H groups in total. The number of rotatable bonds is 6. The molecular formula is C16H32N2O3. The molecular weight excluding hydrogens is 268 g/mol. The summed E-state index contributed by atoms with van der Waals surface area (Å²) >= 11 is 0. The van der Waals surface area contributed by atoms with Gasteiger partial charge in [-0.15, -0.1) is 0 Å². The van der Waals surface area contributed by atoms with E-state index in [1.54, 1.807) is 0 Å². The van der Waals surface area contributed by atoms with E-state index < -0.39 is 5.60 Å². The number of ether oxygens (including phenoxy) is 1. The molecule has 1 heterocycles. The molecule has 1 rings (SSSR count). The Morgan fingerprint density at radius 1 is 1.38 bits per heavy atom. The lowest BCUT2D eigenvalue weighted by Crippen LogP contribution is -2.51. The van der Waals surface area contributed by atoms with Crippen molar-refractivity contribution in [2.45, 2.75) is 65.0 Å². The number of unbranched alkanes of at least 4 members (excludes halogenated alkanes) is 1. The van der Waals surface area contributed by atoms with E-state index in [4.69, 9.17) is 9.84 Å². The number of amides is 1. The van der Waals surface area contributed by atoms with Crippen molar-refractivity contribution in [1.82, 2.24) is 10.2 Å². The fourth-order valence-electron chi connectivity index (χ4n) is 2.87. The van der Waals surface area contributed by atoms with Crippen LogP contribution < -0.4 is 5.32 Å². The van der Waals surface area contributed by atoms with Crippen LogP contribution in [0.3, 0.4) is 0 Å². The maximum Gasteiger partial charge on any atom is 0.407 e. The van der Waals surface area contributed by atoms with Crippen LogP contribution in [0.5, 0.6) is 0 Å². The smallest absolute Gasteiger partial charge is 0.407 e. The van der Waals surface area contributed by atoms with Crippen molar-refractivity contribution in [3.63, 3.8) is 0 Å². The minimum absolute atomic E-state index is 0.254. The molecule has 2 unspecified atom stereocenters. The first-order valence-electron chi connectivity index (χ1n) is 8.15. The fourth-order valence-corrected chi connectivity index (χ4v) is 2.87. The highest BCUT2D eigenvalue weighted by molar-refractivity contribution is 5.67. The fraction of sp³-hybridized carbons (Fsp3) is 0.938. The van der Waals surface area contributed by atoms with Crippen LogP contribution >= 0.6 is 0 Å². The number of carbonyl (C=O) groups excluding carboxylic acids is 1. The number of hydrogen-bond donors (Lipinski definition) is 2. The van der Waals surface area contributed by atoms with Crippen LogP contribution in [-0.2, 0) is 4.74 Å². The highest BCUT2D eigenvalue weighted by Gasteiger charge is 2.28. The lowest BCUT2D eigenvalue weighted by molar-refractivity contribution is 0.0462. The van der Waals surface area contributed by atoms with Crippen LogP contribution in [0.4, 0.5) is 4.79 Å². The van der Waals surface area contributed by atoms with E-state index in [0.29, 0.717) is 18.5 Å². The van der Waals surface area contributed by atoms with E-state index in [2.05, 4.69) is 17.1 Å². The van der Waals surface area contributed by atoms with Crippen LogP contribution in [0.1, 0.15) is 53.4 Å². The number of nitrogens with zero attached hydrogens (tertiary/aromatic N) is 1. The van der Waals surface area contributed by atoms with Crippen LogP contribution in [0.15, 0.2) is 0 Å². The van der Waals surface area contributed by atoms with Crippen LogP contribution in [0.25, 0.3) is 0 Å². The highest BCUT2D eigenvalue weighted by atomic mass is 16.6. The van der Waals surface area contributed by atoms with E-state index in [-0.39, 0.29) is 12.7 Å². The van der Waals surface area contributed by atoms with Crippen molar-refractivity contribution in [3.8, 4) is 0 Å². The van der Waals surface area contributed by atoms with Crippen LogP contribution in [-0.4, -0.2) is 54.0 Å². The first kappa shape index (κ1) is 18.2. The largest absolute Gasteiger partial charge is 0.444 e. The van der Waals surface area contributed by atoms with Gasteiger partial charge in [0.05, 0.1) is 0 Å². The summed E-state index contributed by atoms with van der Waals surface area (Å²) in [6, 6.07) is 0.366. The SMILES string of the molecule is CC1CCCN(CCCCO)C1CNC(=O)OC(C)(C)C. The summed E-state index contributed by atoms with van der Waals surface area (Å²) in [6.45, 7) is 10.8. The second-order valence-electron chi connectivity index (χ2n) is 7.04. The summed E-state index contributed by atoms with van der Waals surface area (Å²) in [5, 5.41) is 11.8. The molecule has 0 spiro atoms. The monoisotopic (exact) mass is 300 g/mol. The van der Waals surface area contributed by atoms with Crippen LogP contribution in [0, 0.1) is 5.92 Å². The van der Waals surface area contributed by atoms with E-state index in [0.717, 1.165) is 25.9 Å². The summed E-state index contributed by atoms with van der Waals surface area (Å²) in [5.74, 6) is 0.572. The van der Waals surface area contributed by atoms with Gasteiger partial charge in [0.25, 0.3) is 0 Å². The van der Waals surface area contributed by atoms with Crippen molar-refractivity contribution in [1.29, 1.82) is 0 Å². The molecule has 0 aliphatic carbocycles. The number of aliphatic hydroxyl groups excluding tert-OH is 1. The van der Waals surface area contributed by atoms with Gasteiger partial charge < -0.3 is 15.2 Å². The molecule has 21 heavy (non-hydrogen) atoms. The molecule has 5 heteroatoms. The van der Waals surface area contributed by atoms with Gasteiger partial charge in [-0.05, 0) is 65.5 Å². The Hall–Kier alpha value is -0.810. The molecule has 1 aliphatic rings. The molecule has 1 aliphatic heterocycles. The number of piperidine rings is 1. The van der Waals surface area contributed by atoms with Gasteiger partial charge in [0, 0.05) is 19.2 Å². The number of alkyl carbamates (subject to hydrolysis) is 1. The maximum absolute atomic E-state index is 11.8. The Bertz CT molecular complexity index is 315. The number of aliphatic hydroxyl groups is 1. The second kappa shape index (κ2) is 8.59. The molecule has 0 bridgehead atoms. The zero-order valence-corrected chi connectivity index (χ0v) is 14.0. The van der Waals surface area contributed by atoms with Gasteiger partial charge in [-0.1, -0.05) is 6.92 Å². The normalized spacial score (nSPS) is 23.9. The first-order chi connectivity index (χ1) is 9.83. The Morgan fingerprint density at radius 2 is 2.10 bits per heavy atom. The second-order valence-corrected chi connectivity index (χ2v) is 7.04. The molecule has 1 amide bonds. The van der Waals surface area contributed by atoms with E-state index in [9.17, 15) is 4.79 Å². The number of nitrogens with one attached hydrogen (secondary N) is 1. The Kier molecular flexibility index (Phi) is 7.46. The third kappa shape index (κ3) is 7.14. The van der Waals surface area contributed by atoms with Gasteiger partial charge in [-0.25, -0.2) is 4.79 Å². The Labute approximate surface area is 129 Å². The molecule has 0 radical (unpaired) electrons. The van der Waals surface area contributed by atoms with E-state index in [1.807, 2.05) is 20.8 Å². The van der Waals surface area contributed by atoms with Gasteiger partial charge in [0.1, 0.15) is 5.60 Å². The van der Waals surface area contributed by atoms with Crippen molar-refractivity contribution < 1.29 is 14.6 Å². The van der Waals surface area contributed by atoms with E-state index in [1.165, 1.54) is 12.8 Å². The van der Waals surface area contributed by atoms with Gasteiger partial charge >= 0.3 is 6.09 Å². The molecule has 2 atom stereocenters. The maximum atomic E-state index is 11.8. The third-order valence-electron chi connectivity index (χ3n) is 3.94. The third-order valence-corrected chi connectivity index (χ3v) is 3.94. The lowest BCUT2D eigenvalue weighted by Gasteiger charge is -2.40. The van der Waals surface area contributed by atoms with Crippen molar-refractivity contribution >= 4 is 6.09 Å². The zero-order chi connectivity index (χ0) is 15.9. The minimum Gasteiger partial charge on any atom is -0.444 e. The summed E-state index contributed by atoms with van der Waals surface area (Å²) in [6.07, 6.45) is 3.93. The summed E-state index contributed by atoms with van der Waals surface area (Å²) in [7, 11) is 0. The molecule has 0 saturated carbocycles. The minimum atomic E-state index is -0.455. The van der Waals surface area contributed by atoms with Crippen LogP contribution in [0.2, 0.25) is 0 Å². The molecule has 0 aromatic carbocycles. The number of carbonyl (C=O) groups is 1.